The van der Waals surface area contributed by atoms with Gasteiger partial charge in [-0.2, -0.15) is 0 Å². The Bertz CT molecular complexity index is 1090. The second-order valence-corrected chi connectivity index (χ2v) is 6.74. The standard InChI is InChI=1S/C20H16ClNO5/c1-26-9-8-22-17(11-2-5-13(23)6-3-11)16-18(24)14-10-12(21)4-7-15(14)27-19(16)20(22)25/h2-7,10,17,23H,8-9H2,1H3. The number of amides is 1. The van der Waals surface area contributed by atoms with Crippen LogP contribution in [0.3, 0.4) is 0 Å². The van der Waals surface area contributed by atoms with Gasteiger partial charge in [-0.15, -0.1) is 0 Å². The third-order valence-electron chi connectivity index (χ3n) is 4.67. The number of phenols is 1. The van der Waals surface area contributed by atoms with Gasteiger partial charge in [0.2, 0.25) is 5.76 Å². The van der Waals surface area contributed by atoms with Crippen LogP contribution in [0.5, 0.6) is 5.75 Å². The third kappa shape index (κ3) is 2.87. The van der Waals surface area contributed by atoms with Crippen LogP contribution in [0.4, 0.5) is 0 Å². The maximum Gasteiger partial charge on any atom is 0.290 e. The molecule has 1 amide bonds. The lowest BCUT2D eigenvalue weighted by atomic mass is 9.98. The highest BCUT2D eigenvalue weighted by Crippen LogP contribution is 2.38. The molecule has 0 saturated carbocycles. The van der Waals surface area contributed by atoms with Gasteiger partial charge in [0, 0.05) is 18.7 Å². The summed E-state index contributed by atoms with van der Waals surface area (Å²) >= 11 is 6.04. The summed E-state index contributed by atoms with van der Waals surface area (Å²) in [5.41, 5.74) is 0.996. The average Bonchev–Trinajstić information content (AvgIpc) is 2.94. The molecule has 1 aromatic heterocycles. The van der Waals surface area contributed by atoms with Gasteiger partial charge >= 0.3 is 0 Å². The minimum atomic E-state index is -0.622. The highest BCUT2D eigenvalue weighted by Gasteiger charge is 2.42. The van der Waals surface area contributed by atoms with Crippen LogP contribution in [0.25, 0.3) is 11.0 Å². The fourth-order valence-electron chi connectivity index (χ4n) is 3.42. The first-order chi connectivity index (χ1) is 13.0. The van der Waals surface area contributed by atoms with Gasteiger partial charge in [-0.05, 0) is 35.9 Å². The number of phenolic OH excluding ortho intramolecular Hbond substituents is 1. The zero-order chi connectivity index (χ0) is 19.1. The van der Waals surface area contributed by atoms with Gasteiger partial charge in [-0.25, -0.2) is 0 Å². The van der Waals surface area contributed by atoms with Gasteiger partial charge in [0.25, 0.3) is 5.91 Å². The molecular weight excluding hydrogens is 370 g/mol. The van der Waals surface area contributed by atoms with E-state index in [4.69, 9.17) is 20.8 Å². The van der Waals surface area contributed by atoms with Crippen LogP contribution in [0, 0.1) is 0 Å². The molecule has 27 heavy (non-hydrogen) atoms. The number of carbonyl (C=O) groups excluding carboxylic acids is 1. The minimum Gasteiger partial charge on any atom is -0.508 e. The summed E-state index contributed by atoms with van der Waals surface area (Å²) < 4.78 is 10.9. The van der Waals surface area contributed by atoms with E-state index in [0.29, 0.717) is 34.7 Å². The monoisotopic (exact) mass is 385 g/mol. The number of carbonyl (C=O) groups is 1. The highest BCUT2D eigenvalue weighted by atomic mass is 35.5. The van der Waals surface area contributed by atoms with Crippen LogP contribution in [0.1, 0.15) is 27.7 Å². The van der Waals surface area contributed by atoms with Crippen molar-refractivity contribution in [2.24, 2.45) is 0 Å². The molecule has 2 aromatic carbocycles. The number of nitrogens with zero attached hydrogens (tertiary/aromatic N) is 1. The lowest BCUT2D eigenvalue weighted by Crippen LogP contribution is -2.32. The Hall–Kier alpha value is -2.83. The van der Waals surface area contributed by atoms with Crippen LogP contribution >= 0.6 is 11.6 Å². The normalized spacial score (nSPS) is 16.1. The summed E-state index contributed by atoms with van der Waals surface area (Å²) in [7, 11) is 1.54. The Morgan fingerprint density at radius 3 is 2.63 bits per heavy atom. The summed E-state index contributed by atoms with van der Waals surface area (Å²) in [6, 6.07) is 10.5. The Morgan fingerprint density at radius 1 is 1.19 bits per heavy atom. The average molecular weight is 386 g/mol. The molecule has 0 fully saturated rings. The van der Waals surface area contributed by atoms with E-state index >= 15 is 0 Å². The van der Waals surface area contributed by atoms with E-state index in [-0.39, 0.29) is 28.4 Å². The van der Waals surface area contributed by atoms with Crippen molar-refractivity contribution < 1.29 is 19.1 Å². The van der Waals surface area contributed by atoms with Crippen molar-refractivity contribution in [2.45, 2.75) is 6.04 Å². The molecule has 1 unspecified atom stereocenters. The number of rotatable bonds is 4. The second-order valence-electron chi connectivity index (χ2n) is 6.30. The molecule has 6 nitrogen and oxygen atoms in total. The molecule has 0 aliphatic carbocycles. The summed E-state index contributed by atoms with van der Waals surface area (Å²) in [6.45, 7) is 0.607. The van der Waals surface area contributed by atoms with Crippen molar-refractivity contribution in [3.05, 3.63) is 74.6 Å². The largest absolute Gasteiger partial charge is 0.508 e. The van der Waals surface area contributed by atoms with Gasteiger partial charge < -0.3 is 19.2 Å². The molecule has 2 heterocycles. The second kappa shape index (κ2) is 6.72. The van der Waals surface area contributed by atoms with Crippen LogP contribution in [0.15, 0.2) is 51.7 Å². The molecular formula is C20H16ClNO5. The summed E-state index contributed by atoms with van der Waals surface area (Å²) in [4.78, 5) is 27.7. The minimum absolute atomic E-state index is 0.0315. The maximum absolute atomic E-state index is 13.2. The maximum atomic E-state index is 13.2. The van der Waals surface area contributed by atoms with Gasteiger partial charge in [-0.1, -0.05) is 23.7 Å². The lowest BCUT2D eigenvalue weighted by molar-refractivity contribution is 0.0663. The number of ether oxygens (including phenoxy) is 1. The van der Waals surface area contributed by atoms with Gasteiger partial charge in [0.05, 0.1) is 23.6 Å². The number of hydrogen-bond acceptors (Lipinski definition) is 5. The number of halogens is 1. The molecule has 3 aromatic rings. The summed E-state index contributed by atoms with van der Waals surface area (Å²) in [6.07, 6.45) is 0. The van der Waals surface area contributed by atoms with E-state index < -0.39 is 6.04 Å². The van der Waals surface area contributed by atoms with Crippen LogP contribution in [-0.4, -0.2) is 36.2 Å². The summed E-state index contributed by atoms with van der Waals surface area (Å²) in [5, 5.41) is 10.3. The molecule has 0 bridgehead atoms. The quantitative estimate of drug-likeness (QED) is 0.745. The summed E-state index contributed by atoms with van der Waals surface area (Å²) in [5.74, 6) is -0.234. The van der Waals surface area contributed by atoms with E-state index in [2.05, 4.69) is 0 Å². The van der Waals surface area contributed by atoms with Crippen LogP contribution in [0.2, 0.25) is 5.02 Å². The predicted octanol–water partition coefficient (Wildman–Crippen LogP) is 3.34. The number of methoxy groups -OCH3 is 1. The van der Waals surface area contributed by atoms with Crippen molar-refractivity contribution in [2.75, 3.05) is 20.3 Å². The van der Waals surface area contributed by atoms with Gasteiger partial charge in [0.15, 0.2) is 5.43 Å². The molecule has 1 aliphatic heterocycles. The van der Waals surface area contributed by atoms with E-state index in [1.807, 2.05) is 0 Å². The first kappa shape index (κ1) is 17.6. The van der Waals surface area contributed by atoms with Crippen molar-refractivity contribution in [3.8, 4) is 5.75 Å². The number of aromatic hydroxyl groups is 1. The third-order valence-corrected chi connectivity index (χ3v) is 4.91. The molecule has 4 rings (SSSR count). The van der Waals surface area contributed by atoms with Crippen LogP contribution < -0.4 is 5.43 Å². The van der Waals surface area contributed by atoms with E-state index in [1.165, 1.54) is 12.1 Å². The zero-order valence-electron chi connectivity index (χ0n) is 14.4. The van der Waals surface area contributed by atoms with Crippen molar-refractivity contribution in [3.63, 3.8) is 0 Å². The number of fused-ring (bicyclic) bond motifs is 2. The Balaban J connectivity index is 1.97. The SMILES string of the molecule is COCCN1C(=O)c2oc3ccc(Cl)cc3c(=O)c2C1c1ccc(O)cc1. The number of hydrogen-bond donors (Lipinski definition) is 1. The van der Waals surface area contributed by atoms with Crippen molar-refractivity contribution in [1.82, 2.24) is 4.90 Å². The van der Waals surface area contributed by atoms with Crippen LogP contribution in [-0.2, 0) is 4.74 Å². The Labute approximate surface area is 159 Å². The fraction of sp³-hybridized carbons (Fsp3) is 0.200. The fourth-order valence-corrected chi connectivity index (χ4v) is 3.59. The Morgan fingerprint density at radius 2 is 1.93 bits per heavy atom. The van der Waals surface area contributed by atoms with E-state index in [1.54, 1.807) is 42.3 Å². The molecule has 1 atom stereocenters. The molecule has 1 N–H and O–H groups in total. The highest BCUT2D eigenvalue weighted by molar-refractivity contribution is 6.31. The lowest BCUT2D eigenvalue weighted by Gasteiger charge is -2.24. The molecule has 0 radical (unpaired) electrons. The van der Waals surface area contributed by atoms with Crippen molar-refractivity contribution >= 4 is 28.5 Å². The predicted molar refractivity (Wildman–Crippen MR) is 100 cm³/mol. The molecule has 138 valence electrons. The number of benzene rings is 2. The first-order valence-corrected chi connectivity index (χ1v) is 8.74. The molecule has 0 spiro atoms. The Kier molecular flexibility index (Phi) is 4.37. The van der Waals surface area contributed by atoms with E-state index in [9.17, 15) is 14.7 Å². The zero-order valence-corrected chi connectivity index (χ0v) is 15.2. The topological polar surface area (TPSA) is 80.0 Å². The smallest absolute Gasteiger partial charge is 0.290 e. The molecule has 7 heteroatoms. The van der Waals surface area contributed by atoms with Gasteiger partial charge in [-0.3, -0.25) is 9.59 Å². The van der Waals surface area contributed by atoms with E-state index in [0.717, 1.165) is 0 Å². The first-order valence-electron chi connectivity index (χ1n) is 8.36. The molecule has 0 saturated heterocycles. The van der Waals surface area contributed by atoms with Crippen molar-refractivity contribution in [1.29, 1.82) is 0 Å². The van der Waals surface area contributed by atoms with Gasteiger partial charge in [0.1, 0.15) is 11.3 Å². The molecule has 1 aliphatic rings.